The van der Waals surface area contributed by atoms with Crippen molar-refractivity contribution in [2.45, 2.75) is 12.8 Å². The molecule has 0 atom stereocenters. The molecule has 1 saturated heterocycles. The first-order valence-electron chi connectivity index (χ1n) is 8.23. The van der Waals surface area contributed by atoms with Gasteiger partial charge in [-0.3, -0.25) is 14.4 Å². The van der Waals surface area contributed by atoms with Crippen molar-refractivity contribution in [3.8, 4) is 0 Å². The van der Waals surface area contributed by atoms with Crippen molar-refractivity contribution in [1.82, 2.24) is 5.32 Å². The summed E-state index contributed by atoms with van der Waals surface area (Å²) in [6.45, 7) is 0.595. The molecule has 3 rings (SSSR count). The molecular formula is C19H18ClN3O3. The summed E-state index contributed by atoms with van der Waals surface area (Å²) < 4.78 is 0. The number of carbonyl (C=O) groups excluding carboxylic acids is 3. The molecule has 7 heteroatoms. The van der Waals surface area contributed by atoms with Gasteiger partial charge in [0.2, 0.25) is 5.91 Å². The summed E-state index contributed by atoms with van der Waals surface area (Å²) in [6, 6.07) is 11.5. The third-order valence-corrected chi connectivity index (χ3v) is 4.50. The number of benzene rings is 2. The van der Waals surface area contributed by atoms with Gasteiger partial charge in [0.1, 0.15) is 0 Å². The molecular weight excluding hydrogens is 354 g/mol. The third kappa shape index (κ3) is 3.70. The van der Waals surface area contributed by atoms with Gasteiger partial charge >= 0.3 is 0 Å². The molecule has 0 spiro atoms. The number of rotatable bonds is 4. The van der Waals surface area contributed by atoms with Gasteiger partial charge < -0.3 is 15.5 Å². The van der Waals surface area contributed by atoms with E-state index in [0.29, 0.717) is 40.5 Å². The first-order valence-corrected chi connectivity index (χ1v) is 8.61. The minimum absolute atomic E-state index is 0.00253. The van der Waals surface area contributed by atoms with Gasteiger partial charge in [0.25, 0.3) is 11.8 Å². The number of nitrogens with zero attached hydrogens (tertiary/aromatic N) is 1. The Morgan fingerprint density at radius 1 is 1.08 bits per heavy atom. The van der Waals surface area contributed by atoms with Gasteiger partial charge in [-0.25, -0.2) is 0 Å². The second kappa shape index (κ2) is 7.58. The summed E-state index contributed by atoms with van der Waals surface area (Å²) in [7, 11) is 1.54. The van der Waals surface area contributed by atoms with E-state index in [0.717, 1.165) is 6.42 Å². The van der Waals surface area contributed by atoms with Gasteiger partial charge in [0.05, 0.1) is 10.7 Å². The molecule has 0 aromatic heterocycles. The van der Waals surface area contributed by atoms with E-state index in [9.17, 15) is 14.4 Å². The standard InChI is InChI=1S/C19H18ClN3O3/c1-21-18(25)12-4-2-5-14(10-12)22-19(26)13-7-8-15(20)16(11-13)23-9-3-6-17(23)24/h2,4-5,7-8,10-11H,3,6,9H2,1H3,(H,21,25)(H,22,26). The van der Waals surface area contributed by atoms with Crippen LogP contribution < -0.4 is 15.5 Å². The molecule has 6 nitrogen and oxygen atoms in total. The number of amides is 3. The lowest BCUT2D eigenvalue weighted by molar-refractivity contribution is -0.117. The minimum Gasteiger partial charge on any atom is -0.355 e. The average Bonchev–Trinajstić information content (AvgIpc) is 3.07. The van der Waals surface area contributed by atoms with E-state index in [-0.39, 0.29) is 17.7 Å². The number of hydrogen-bond acceptors (Lipinski definition) is 3. The van der Waals surface area contributed by atoms with Gasteiger partial charge in [0, 0.05) is 36.8 Å². The molecule has 0 aliphatic carbocycles. The first kappa shape index (κ1) is 17.9. The fourth-order valence-corrected chi connectivity index (χ4v) is 3.07. The zero-order valence-corrected chi connectivity index (χ0v) is 15.0. The van der Waals surface area contributed by atoms with Crippen LogP contribution in [-0.4, -0.2) is 31.3 Å². The van der Waals surface area contributed by atoms with Crippen LogP contribution in [0, 0.1) is 0 Å². The molecule has 0 saturated carbocycles. The van der Waals surface area contributed by atoms with Crippen LogP contribution in [0.4, 0.5) is 11.4 Å². The van der Waals surface area contributed by atoms with Gasteiger partial charge in [-0.05, 0) is 42.8 Å². The fraction of sp³-hybridized carbons (Fsp3) is 0.211. The van der Waals surface area contributed by atoms with Crippen molar-refractivity contribution < 1.29 is 14.4 Å². The Kier molecular flexibility index (Phi) is 5.23. The normalized spacial score (nSPS) is 13.6. The SMILES string of the molecule is CNC(=O)c1cccc(NC(=O)c2ccc(Cl)c(N3CCCC3=O)c2)c1. The molecule has 26 heavy (non-hydrogen) atoms. The summed E-state index contributed by atoms with van der Waals surface area (Å²) in [6.07, 6.45) is 1.26. The zero-order valence-electron chi connectivity index (χ0n) is 14.2. The Labute approximate surface area is 156 Å². The van der Waals surface area contributed by atoms with E-state index in [4.69, 9.17) is 11.6 Å². The van der Waals surface area contributed by atoms with Crippen LogP contribution in [0.2, 0.25) is 5.02 Å². The molecule has 0 bridgehead atoms. The lowest BCUT2D eigenvalue weighted by Gasteiger charge is -2.18. The fourth-order valence-electron chi connectivity index (χ4n) is 2.85. The summed E-state index contributed by atoms with van der Waals surface area (Å²) in [5.41, 5.74) is 1.88. The number of anilines is 2. The molecule has 1 fully saturated rings. The highest BCUT2D eigenvalue weighted by atomic mass is 35.5. The summed E-state index contributed by atoms with van der Waals surface area (Å²) in [4.78, 5) is 37.8. The Bertz CT molecular complexity index is 882. The van der Waals surface area contributed by atoms with Crippen molar-refractivity contribution in [1.29, 1.82) is 0 Å². The molecule has 3 amide bonds. The topological polar surface area (TPSA) is 78.5 Å². The van der Waals surface area contributed by atoms with E-state index in [2.05, 4.69) is 10.6 Å². The second-order valence-electron chi connectivity index (χ2n) is 5.93. The van der Waals surface area contributed by atoms with Crippen molar-refractivity contribution in [2.24, 2.45) is 0 Å². The predicted molar refractivity (Wildman–Crippen MR) is 101 cm³/mol. The van der Waals surface area contributed by atoms with Gasteiger partial charge in [-0.2, -0.15) is 0 Å². The molecule has 2 aromatic rings. The molecule has 2 N–H and O–H groups in total. The summed E-state index contributed by atoms with van der Waals surface area (Å²) in [5, 5.41) is 5.73. The predicted octanol–water partition coefficient (Wildman–Crippen LogP) is 3.08. The van der Waals surface area contributed by atoms with Crippen LogP contribution in [0.1, 0.15) is 33.6 Å². The van der Waals surface area contributed by atoms with Crippen molar-refractivity contribution >= 4 is 40.7 Å². The molecule has 0 unspecified atom stereocenters. The van der Waals surface area contributed by atoms with Crippen molar-refractivity contribution in [3.05, 3.63) is 58.6 Å². The number of nitrogens with one attached hydrogen (secondary N) is 2. The van der Waals surface area contributed by atoms with Crippen LogP contribution >= 0.6 is 11.6 Å². The summed E-state index contributed by atoms with van der Waals surface area (Å²) in [5.74, 6) is -0.575. The van der Waals surface area contributed by atoms with E-state index < -0.39 is 0 Å². The Morgan fingerprint density at radius 2 is 1.85 bits per heavy atom. The van der Waals surface area contributed by atoms with Crippen LogP contribution in [0.15, 0.2) is 42.5 Å². The Morgan fingerprint density at radius 3 is 2.54 bits per heavy atom. The van der Waals surface area contributed by atoms with Gasteiger partial charge in [-0.15, -0.1) is 0 Å². The monoisotopic (exact) mass is 371 g/mol. The van der Waals surface area contributed by atoms with Gasteiger partial charge in [0.15, 0.2) is 0 Å². The quantitative estimate of drug-likeness (QED) is 0.866. The lowest BCUT2D eigenvalue weighted by atomic mass is 10.1. The summed E-state index contributed by atoms with van der Waals surface area (Å²) >= 11 is 6.21. The molecule has 1 heterocycles. The maximum absolute atomic E-state index is 12.6. The lowest BCUT2D eigenvalue weighted by Crippen LogP contribution is -2.24. The highest BCUT2D eigenvalue weighted by molar-refractivity contribution is 6.34. The van der Waals surface area contributed by atoms with Crippen LogP contribution in [-0.2, 0) is 4.79 Å². The van der Waals surface area contributed by atoms with Crippen LogP contribution in [0.5, 0.6) is 0 Å². The number of hydrogen-bond donors (Lipinski definition) is 2. The Hall–Kier alpha value is -2.86. The highest BCUT2D eigenvalue weighted by Crippen LogP contribution is 2.30. The van der Waals surface area contributed by atoms with E-state index >= 15 is 0 Å². The molecule has 1 aliphatic rings. The minimum atomic E-state index is -0.344. The molecule has 1 aliphatic heterocycles. The maximum Gasteiger partial charge on any atom is 0.255 e. The van der Waals surface area contributed by atoms with E-state index in [1.54, 1.807) is 54.4 Å². The second-order valence-corrected chi connectivity index (χ2v) is 6.34. The van der Waals surface area contributed by atoms with E-state index in [1.807, 2.05) is 0 Å². The largest absolute Gasteiger partial charge is 0.355 e. The number of halogens is 1. The van der Waals surface area contributed by atoms with Crippen LogP contribution in [0.3, 0.4) is 0 Å². The van der Waals surface area contributed by atoms with E-state index in [1.165, 1.54) is 0 Å². The average molecular weight is 372 g/mol. The molecule has 0 radical (unpaired) electrons. The highest BCUT2D eigenvalue weighted by Gasteiger charge is 2.24. The molecule has 134 valence electrons. The first-order chi connectivity index (χ1) is 12.5. The maximum atomic E-state index is 12.6. The van der Waals surface area contributed by atoms with Crippen molar-refractivity contribution in [3.63, 3.8) is 0 Å². The number of carbonyl (C=O) groups is 3. The van der Waals surface area contributed by atoms with Crippen LogP contribution in [0.25, 0.3) is 0 Å². The van der Waals surface area contributed by atoms with Crippen molar-refractivity contribution in [2.75, 3.05) is 23.8 Å². The zero-order chi connectivity index (χ0) is 18.7. The Balaban J connectivity index is 1.82. The third-order valence-electron chi connectivity index (χ3n) is 4.18. The smallest absolute Gasteiger partial charge is 0.255 e. The van der Waals surface area contributed by atoms with Gasteiger partial charge in [-0.1, -0.05) is 17.7 Å². The molecule has 2 aromatic carbocycles.